The highest BCUT2D eigenvalue weighted by Gasteiger charge is 2.05. The number of hydrogen-bond acceptors (Lipinski definition) is 3. The number of nitrogens with one attached hydrogen (secondary N) is 1. The largest absolute Gasteiger partial charge is 0.341 e. The van der Waals surface area contributed by atoms with E-state index >= 15 is 0 Å². The molecule has 3 aromatic rings. The molecule has 0 spiro atoms. The van der Waals surface area contributed by atoms with Crippen molar-refractivity contribution in [2.45, 2.75) is 33.4 Å². The summed E-state index contributed by atoms with van der Waals surface area (Å²) in [6, 6.07) is 8.91. The van der Waals surface area contributed by atoms with Crippen LogP contribution in [-0.4, -0.2) is 16.1 Å². The van der Waals surface area contributed by atoms with Crippen LogP contribution in [0.2, 0.25) is 0 Å². The smallest absolute Gasteiger partial charge is 0.113 e. The first-order valence-electron chi connectivity index (χ1n) is 7.46. The van der Waals surface area contributed by atoms with Gasteiger partial charge in [0.1, 0.15) is 5.01 Å². The summed E-state index contributed by atoms with van der Waals surface area (Å²) in [6.45, 7) is 7.11. The van der Waals surface area contributed by atoms with Gasteiger partial charge in [0.2, 0.25) is 0 Å². The molecule has 1 N–H and O–H groups in total. The fraction of sp³-hybridized carbons (Fsp3) is 0.353. The highest BCUT2D eigenvalue weighted by atomic mass is 32.1. The molecule has 0 fully saturated rings. The standard InChI is InChI=1S/C17H21N3S/c1-3-7-18-10-14-4-5-16-15(9-14)6-8-20(16)11-17-19-13(2)12-21-17/h4-6,8-9,12,18H,3,7,10-11H2,1-2H3. The normalized spacial score (nSPS) is 11.3. The number of fused-ring (bicyclic) bond motifs is 1. The third kappa shape index (κ3) is 3.34. The molecule has 0 unspecified atom stereocenters. The van der Waals surface area contributed by atoms with Crippen LogP contribution in [0.1, 0.15) is 29.6 Å². The second-order valence-electron chi connectivity index (χ2n) is 5.40. The Bertz CT molecular complexity index is 727. The lowest BCUT2D eigenvalue weighted by molar-refractivity contribution is 0.676. The first kappa shape index (κ1) is 14.3. The molecule has 1 aromatic carbocycles. The van der Waals surface area contributed by atoms with E-state index in [4.69, 9.17) is 0 Å². The lowest BCUT2D eigenvalue weighted by atomic mass is 10.1. The Hall–Kier alpha value is -1.65. The molecule has 3 nitrogen and oxygen atoms in total. The molecule has 0 saturated carbocycles. The summed E-state index contributed by atoms with van der Waals surface area (Å²) in [5.74, 6) is 0. The predicted molar refractivity (Wildman–Crippen MR) is 89.9 cm³/mol. The Balaban J connectivity index is 1.79. The number of thiazole rings is 1. The molecule has 0 aliphatic heterocycles. The van der Waals surface area contributed by atoms with Crippen LogP contribution < -0.4 is 5.32 Å². The minimum Gasteiger partial charge on any atom is -0.341 e. The van der Waals surface area contributed by atoms with E-state index in [0.717, 1.165) is 25.3 Å². The van der Waals surface area contributed by atoms with Crippen molar-refractivity contribution < 1.29 is 0 Å². The zero-order valence-corrected chi connectivity index (χ0v) is 13.4. The summed E-state index contributed by atoms with van der Waals surface area (Å²) in [5.41, 5.74) is 3.73. The molecule has 0 saturated heterocycles. The Labute approximate surface area is 129 Å². The van der Waals surface area contributed by atoms with Crippen molar-refractivity contribution in [1.29, 1.82) is 0 Å². The second kappa shape index (κ2) is 6.41. The summed E-state index contributed by atoms with van der Waals surface area (Å²) >= 11 is 1.73. The molecule has 0 aliphatic carbocycles. The molecule has 110 valence electrons. The van der Waals surface area contributed by atoms with Crippen molar-refractivity contribution in [3.05, 3.63) is 52.1 Å². The molecule has 3 rings (SSSR count). The van der Waals surface area contributed by atoms with Gasteiger partial charge in [-0.05, 0) is 49.0 Å². The van der Waals surface area contributed by atoms with Gasteiger partial charge in [-0.1, -0.05) is 13.0 Å². The molecule has 21 heavy (non-hydrogen) atoms. The third-order valence-corrected chi connectivity index (χ3v) is 4.51. The lowest BCUT2D eigenvalue weighted by Gasteiger charge is -2.06. The van der Waals surface area contributed by atoms with Gasteiger partial charge < -0.3 is 9.88 Å². The number of hydrogen-bond donors (Lipinski definition) is 1. The molecular formula is C17H21N3S. The van der Waals surface area contributed by atoms with Gasteiger partial charge in [-0.3, -0.25) is 0 Å². The highest BCUT2D eigenvalue weighted by molar-refractivity contribution is 7.09. The van der Waals surface area contributed by atoms with Crippen molar-refractivity contribution >= 4 is 22.2 Å². The molecule has 0 aliphatic rings. The Morgan fingerprint density at radius 2 is 2.19 bits per heavy atom. The molecule has 0 bridgehead atoms. The number of aryl methyl sites for hydroxylation is 1. The van der Waals surface area contributed by atoms with E-state index in [1.54, 1.807) is 11.3 Å². The zero-order chi connectivity index (χ0) is 14.7. The van der Waals surface area contributed by atoms with Crippen molar-refractivity contribution in [1.82, 2.24) is 14.9 Å². The Morgan fingerprint density at radius 3 is 2.95 bits per heavy atom. The first-order chi connectivity index (χ1) is 10.3. The van der Waals surface area contributed by atoms with Crippen molar-refractivity contribution in [3.63, 3.8) is 0 Å². The topological polar surface area (TPSA) is 29.9 Å². The minimum atomic E-state index is 0.857. The van der Waals surface area contributed by atoms with E-state index in [0.29, 0.717) is 0 Å². The molecule has 0 amide bonds. The summed E-state index contributed by atoms with van der Waals surface area (Å²) < 4.78 is 2.27. The van der Waals surface area contributed by atoms with Gasteiger partial charge in [-0.15, -0.1) is 11.3 Å². The van der Waals surface area contributed by atoms with Crippen molar-refractivity contribution in [2.24, 2.45) is 0 Å². The average Bonchev–Trinajstić information content (AvgIpc) is 3.06. The van der Waals surface area contributed by atoms with Gasteiger partial charge in [0, 0.05) is 29.3 Å². The molecule has 0 atom stereocenters. The second-order valence-corrected chi connectivity index (χ2v) is 6.34. The zero-order valence-electron chi connectivity index (χ0n) is 12.6. The maximum absolute atomic E-state index is 4.55. The van der Waals surface area contributed by atoms with Gasteiger partial charge in [-0.2, -0.15) is 0 Å². The van der Waals surface area contributed by atoms with Crippen LogP contribution in [-0.2, 0) is 13.1 Å². The number of aromatic nitrogens is 2. The summed E-state index contributed by atoms with van der Waals surface area (Å²) in [7, 11) is 0. The van der Waals surface area contributed by atoms with Crippen LogP contribution >= 0.6 is 11.3 Å². The molecule has 2 heterocycles. The Morgan fingerprint density at radius 1 is 1.29 bits per heavy atom. The lowest BCUT2D eigenvalue weighted by Crippen LogP contribution is -2.13. The van der Waals surface area contributed by atoms with E-state index in [9.17, 15) is 0 Å². The highest BCUT2D eigenvalue weighted by Crippen LogP contribution is 2.20. The van der Waals surface area contributed by atoms with E-state index in [1.807, 2.05) is 6.92 Å². The average molecular weight is 299 g/mol. The monoisotopic (exact) mass is 299 g/mol. The number of benzene rings is 1. The third-order valence-electron chi connectivity index (χ3n) is 3.56. The van der Waals surface area contributed by atoms with Gasteiger partial charge in [0.15, 0.2) is 0 Å². The molecule has 4 heteroatoms. The van der Waals surface area contributed by atoms with Crippen LogP contribution in [0, 0.1) is 6.92 Å². The van der Waals surface area contributed by atoms with Crippen LogP contribution in [0.3, 0.4) is 0 Å². The maximum atomic E-state index is 4.55. The van der Waals surface area contributed by atoms with Crippen LogP contribution in [0.4, 0.5) is 0 Å². The van der Waals surface area contributed by atoms with Gasteiger partial charge in [0.05, 0.1) is 6.54 Å². The summed E-state index contributed by atoms with van der Waals surface area (Å²) in [5, 5.41) is 8.03. The fourth-order valence-electron chi connectivity index (χ4n) is 2.53. The van der Waals surface area contributed by atoms with Crippen LogP contribution in [0.15, 0.2) is 35.8 Å². The number of nitrogens with zero attached hydrogens (tertiary/aromatic N) is 2. The van der Waals surface area contributed by atoms with E-state index in [2.05, 4.69) is 57.6 Å². The van der Waals surface area contributed by atoms with Gasteiger partial charge in [-0.25, -0.2) is 4.98 Å². The van der Waals surface area contributed by atoms with E-state index < -0.39 is 0 Å². The van der Waals surface area contributed by atoms with E-state index in [-0.39, 0.29) is 0 Å². The summed E-state index contributed by atoms with van der Waals surface area (Å²) in [6.07, 6.45) is 3.33. The first-order valence-corrected chi connectivity index (χ1v) is 8.33. The minimum absolute atomic E-state index is 0.857. The SMILES string of the molecule is CCCNCc1ccc2c(ccn2Cc2nc(C)cs2)c1. The molecule has 0 radical (unpaired) electrons. The summed E-state index contributed by atoms with van der Waals surface area (Å²) in [4.78, 5) is 4.55. The predicted octanol–water partition coefficient (Wildman–Crippen LogP) is 3.95. The Kier molecular flexibility index (Phi) is 4.36. The molecular weight excluding hydrogens is 278 g/mol. The van der Waals surface area contributed by atoms with Crippen LogP contribution in [0.25, 0.3) is 10.9 Å². The van der Waals surface area contributed by atoms with Crippen molar-refractivity contribution in [2.75, 3.05) is 6.54 Å². The quantitative estimate of drug-likeness (QED) is 0.698. The van der Waals surface area contributed by atoms with Gasteiger partial charge in [0.25, 0.3) is 0 Å². The fourth-order valence-corrected chi connectivity index (χ4v) is 3.30. The molecule has 2 aromatic heterocycles. The number of rotatable bonds is 6. The van der Waals surface area contributed by atoms with E-state index in [1.165, 1.54) is 27.9 Å². The van der Waals surface area contributed by atoms with Gasteiger partial charge >= 0.3 is 0 Å². The van der Waals surface area contributed by atoms with Crippen LogP contribution in [0.5, 0.6) is 0 Å². The maximum Gasteiger partial charge on any atom is 0.113 e. The van der Waals surface area contributed by atoms with Crippen molar-refractivity contribution in [3.8, 4) is 0 Å².